The van der Waals surface area contributed by atoms with Crippen molar-refractivity contribution in [3.63, 3.8) is 0 Å². The molecule has 0 radical (unpaired) electrons. The maximum absolute atomic E-state index is 12.2. The monoisotopic (exact) mass is 455 g/mol. The highest BCUT2D eigenvalue weighted by Gasteiger charge is 2.10. The first-order valence-electron chi connectivity index (χ1n) is 9.38. The van der Waals surface area contributed by atoms with Crippen molar-refractivity contribution in [3.05, 3.63) is 65.4 Å². The second-order valence-electron chi connectivity index (χ2n) is 6.51. The molecule has 0 spiro atoms. The lowest BCUT2D eigenvalue weighted by molar-refractivity contribution is -0.120. The highest BCUT2D eigenvalue weighted by Crippen LogP contribution is 2.23. The molecule has 2 heterocycles. The first-order valence-corrected chi connectivity index (χ1v) is 11.2. The molecule has 0 fully saturated rings. The fourth-order valence-corrected chi connectivity index (χ4v) is 4.18. The molecule has 0 saturated carbocycles. The predicted molar refractivity (Wildman–Crippen MR) is 122 cm³/mol. The minimum atomic E-state index is -0.164. The van der Waals surface area contributed by atoms with Crippen molar-refractivity contribution in [3.8, 4) is 0 Å². The molecule has 3 aromatic rings. The van der Waals surface area contributed by atoms with E-state index in [1.807, 2.05) is 17.5 Å². The Morgan fingerprint density at radius 2 is 1.77 bits per heavy atom. The summed E-state index contributed by atoms with van der Waals surface area (Å²) in [7, 11) is 0. The third-order valence-corrected chi connectivity index (χ3v) is 5.97. The SMILES string of the molecule is CC(=O)Nc1ccc(NC(=O)CSc2nc(CC(=O)NCc3cccnc3)cs2)cc1. The molecule has 0 bridgehead atoms. The number of hydrogen-bond acceptors (Lipinski definition) is 7. The van der Waals surface area contributed by atoms with Crippen LogP contribution in [0.15, 0.2) is 58.5 Å². The maximum atomic E-state index is 12.2. The number of aromatic nitrogens is 2. The number of thiazole rings is 1. The van der Waals surface area contributed by atoms with Crippen molar-refractivity contribution in [1.29, 1.82) is 0 Å². The Labute approximate surface area is 187 Å². The van der Waals surface area contributed by atoms with Gasteiger partial charge in [0.1, 0.15) is 0 Å². The van der Waals surface area contributed by atoms with E-state index in [4.69, 9.17) is 0 Å². The molecule has 31 heavy (non-hydrogen) atoms. The van der Waals surface area contributed by atoms with Crippen molar-refractivity contribution in [2.45, 2.75) is 24.2 Å². The van der Waals surface area contributed by atoms with E-state index in [2.05, 4.69) is 25.9 Å². The number of pyridine rings is 1. The lowest BCUT2D eigenvalue weighted by Gasteiger charge is -2.06. The summed E-state index contributed by atoms with van der Waals surface area (Å²) in [6.45, 7) is 1.86. The van der Waals surface area contributed by atoms with Crippen LogP contribution < -0.4 is 16.0 Å². The third kappa shape index (κ3) is 7.83. The van der Waals surface area contributed by atoms with Crippen LogP contribution in [0.4, 0.5) is 11.4 Å². The van der Waals surface area contributed by atoms with Gasteiger partial charge < -0.3 is 16.0 Å². The molecule has 3 rings (SSSR count). The zero-order chi connectivity index (χ0) is 22.1. The normalized spacial score (nSPS) is 10.4. The second-order valence-corrected chi connectivity index (χ2v) is 8.60. The van der Waals surface area contributed by atoms with Crippen LogP contribution in [0.3, 0.4) is 0 Å². The lowest BCUT2D eigenvalue weighted by atomic mass is 10.2. The van der Waals surface area contributed by atoms with Gasteiger partial charge in [-0.1, -0.05) is 17.8 Å². The quantitative estimate of drug-likeness (QED) is 0.428. The van der Waals surface area contributed by atoms with Crippen LogP contribution in [0.2, 0.25) is 0 Å². The minimum Gasteiger partial charge on any atom is -0.352 e. The number of amides is 3. The van der Waals surface area contributed by atoms with Crippen LogP contribution in [-0.2, 0) is 27.3 Å². The van der Waals surface area contributed by atoms with Crippen molar-refractivity contribution >= 4 is 52.2 Å². The molecular weight excluding hydrogens is 434 g/mol. The second kappa shape index (κ2) is 11.2. The number of hydrogen-bond donors (Lipinski definition) is 3. The maximum Gasteiger partial charge on any atom is 0.234 e. The van der Waals surface area contributed by atoms with E-state index in [1.165, 1.54) is 30.0 Å². The summed E-state index contributed by atoms with van der Waals surface area (Å²) < 4.78 is 0.728. The molecule has 0 aliphatic rings. The molecule has 8 nitrogen and oxygen atoms in total. The molecule has 0 unspecified atom stereocenters. The van der Waals surface area contributed by atoms with Gasteiger partial charge in [0.05, 0.1) is 17.9 Å². The van der Waals surface area contributed by atoms with Crippen LogP contribution in [0.5, 0.6) is 0 Å². The Kier molecular flexibility index (Phi) is 8.13. The fraction of sp³-hybridized carbons (Fsp3) is 0.190. The van der Waals surface area contributed by atoms with E-state index in [0.29, 0.717) is 23.6 Å². The molecule has 2 aromatic heterocycles. The van der Waals surface area contributed by atoms with Gasteiger partial charge in [-0.2, -0.15) is 0 Å². The van der Waals surface area contributed by atoms with Gasteiger partial charge in [0.15, 0.2) is 4.34 Å². The third-order valence-electron chi connectivity index (χ3n) is 3.90. The smallest absolute Gasteiger partial charge is 0.234 e. The first kappa shape index (κ1) is 22.4. The molecule has 1 aromatic carbocycles. The molecule has 160 valence electrons. The van der Waals surface area contributed by atoms with Crippen LogP contribution >= 0.6 is 23.1 Å². The summed E-state index contributed by atoms with van der Waals surface area (Å²) in [5.74, 6) is -0.232. The molecule has 10 heteroatoms. The van der Waals surface area contributed by atoms with Crippen molar-refractivity contribution in [1.82, 2.24) is 15.3 Å². The Morgan fingerprint density at radius 3 is 2.45 bits per heavy atom. The van der Waals surface area contributed by atoms with E-state index in [9.17, 15) is 14.4 Å². The number of anilines is 2. The van der Waals surface area contributed by atoms with E-state index in [-0.39, 0.29) is 29.9 Å². The molecule has 0 aliphatic heterocycles. The Morgan fingerprint density at radius 1 is 1.03 bits per heavy atom. The number of carbonyl (C=O) groups is 3. The van der Waals surface area contributed by atoms with Gasteiger partial charge in [0.25, 0.3) is 0 Å². The van der Waals surface area contributed by atoms with Gasteiger partial charge in [-0.25, -0.2) is 4.98 Å². The lowest BCUT2D eigenvalue weighted by Crippen LogP contribution is -2.24. The van der Waals surface area contributed by atoms with Crippen molar-refractivity contribution in [2.24, 2.45) is 0 Å². The number of rotatable bonds is 9. The van der Waals surface area contributed by atoms with Crippen LogP contribution in [0.25, 0.3) is 0 Å². The standard InChI is InChI=1S/C21H21N5O3S2/c1-14(27)24-16-4-6-17(7-5-16)25-20(29)13-31-21-26-18(12-30-21)9-19(28)23-11-15-3-2-8-22-10-15/h2-8,10,12H,9,11,13H2,1H3,(H,23,28)(H,24,27)(H,25,29). The highest BCUT2D eigenvalue weighted by molar-refractivity contribution is 8.01. The zero-order valence-corrected chi connectivity index (χ0v) is 18.4. The van der Waals surface area contributed by atoms with Crippen LogP contribution in [0, 0.1) is 0 Å². The molecule has 3 N–H and O–H groups in total. The number of benzene rings is 1. The zero-order valence-electron chi connectivity index (χ0n) is 16.8. The summed E-state index contributed by atoms with van der Waals surface area (Å²) in [6, 6.07) is 10.6. The Balaban J connectivity index is 1.40. The molecule has 0 saturated heterocycles. The number of thioether (sulfide) groups is 1. The average molecular weight is 456 g/mol. The number of nitrogens with zero attached hydrogens (tertiary/aromatic N) is 2. The van der Waals surface area contributed by atoms with Crippen LogP contribution in [-0.4, -0.2) is 33.4 Å². The first-order chi connectivity index (χ1) is 15.0. The molecule has 0 atom stereocenters. The predicted octanol–water partition coefficient (Wildman–Crippen LogP) is 3.09. The van der Waals surface area contributed by atoms with Crippen molar-refractivity contribution < 1.29 is 14.4 Å². The minimum absolute atomic E-state index is 0.119. The summed E-state index contributed by atoms with van der Waals surface area (Å²) in [5, 5.41) is 10.1. The summed E-state index contributed by atoms with van der Waals surface area (Å²) >= 11 is 2.72. The van der Waals surface area contributed by atoms with Gasteiger partial charge in [-0.15, -0.1) is 11.3 Å². The van der Waals surface area contributed by atoms with Gasteiger partial charge >= 0.3 is 0 Å². The summed E-state index contributed by atoms with van der Waals surface area (Å²) in [4.78, 5) is 43.7. The largest absolute Gasteiger partial charge is 0.352 e. The fourth-order valence-electron chi connectivity index (χ4n) is 2.53. The Bertz CT molecular complexity index is 1040. The number of carbonyl (C=O) groups excluding carboxylic acids is 3. The van der Waals surface area contributed by atoms with Gasteiger partial charge in [0, 0.05) is 42.6 Å². The van der Waals surface area contributed by atoms with E-state index >= 15 is 0 Å². The highest BCUT2D eigenvalue weighted by atomic mass is 32.2. The summed E-state index contributed by atoms with van der Waals surface area (Å²) in [6.07, 6.45) is 3.58. The van der Waals surface area contributed by atoms with E-state index < -0.39 is 0 Å². The average Bonchev–Trinajstić information content (AvgIpc) is 3.20. The van der Waals surface area contributed by atoms with Crippen molar-refractivity contribution in [2.75, 3.05) is 16.4 Å². The van der Waals surface area contributed by atoms with Gasteiger partial charge in [0.2, 0.25) is 17.7 Å². The van der Waals surface area contributed by atoms with E-state index in [0.717, 1.165) is 9.90 Å². The van der Waals surface area contributed by atoms with Crippen LogP contribution in [0.1, 0.15) is 18.2 Å². The van der Waals surface area contributed by atoms with Gasteiger partial charge in [-0.3, -0.25) is 19.4 Å². The Hall–Kier alpha value is -3.24. The van der Waals surface area contributed by atoms with E-state index in [1.54, 1.807) is 36.7 Å². The molecule has 0 aliphatic carbocycles. The number of nitrogens with one attached hydrogen (secondary N) is 3. The molecule has 3 amide bonds. The summed E-state index contributed by atoms with van der Waals surface area (Å²) in [5.41, 5.74) is 2.91. The topological polar surface area (TPSA) is 113 Å². The molecular formula is C21H21N5O3S2. The van der Waals surface area contributed by atoms with Gasteiger partial charge in [-0.05, 0) is 35.9 Å².